The molecule has 1 fully saturated rings. The van der Waals surface area contributed by atoms with Gasteiger partial charge in [-0.25, -0.2) is 0 Å². The molecule has 3 heteroatoms. The Morgan fingerprint density at radius 3 is 2.83 bits per heavy atom. The first kappa shape index (κ1) is 9.96. The molecule has 0 bridgehead atoms. The normalized spacial score (nSPS) is 27.8. The topological polar surface area (TPSA) is 43.7 Å². The van der Waals surface area contributed by atoms with Crippen molar-refractivity contribution in [2.75, 3.05) is 26.2 Å². The molecule has 0 aromatic carbocycles. The summed E-state index contributed by atoms with van der Waals surface area (Å²) in [6.45, 7) is 5.03. The molecule has 0 amide bonds. The summed E-state index contributed by atoms with van der Waals surface area (Å²) in [5, 5.41) is 18.3. The van der Waals surface area contributed by atoms with E-state index in [1.807, 2.05) is 6.92 Å². The predicted octanol–water partition coefficient (Wildman–Crippen LogP) is 0.0715. The van der Waals surface area contributed by atoms with Crippen LogP contribution in [0.25, 0.3) is 0 Å². The molecule has 3 nitrogen and oxygen atoms in total. The highest BCUT2D eigenvalue weighted by Crippen LogP contribution is 2.15. The van der Waals surface area contributed by atoms with Crippen LogP contribution in [0, 0.1) is 5.92 Å². The standard InChI is InChI=1S/C9H19NO2/c1-2-9(12)6-10-4-3-8(5-10)7-11/h8-9,11-12H,2-7H2,1H3. The Morgan fingerprint density at radius 2 is 2.33 bits per heavy atom. The molecule has 0 radical (unpaired) electrons. The summed E-state index contributed by atoms with van der Waals surface area (Å²) >= 11 is 0. The first-order valence-electron chi connectivity index (χ1n) is 4.77. The van der Waals surface area contributed by atoms with E-state index in [-0.39, 0.29) is 6.10 Å². The van der Waals surface area contributed by atoms with E-state index >= 15 is 0 Å². The Hall–Kier alpha value is -0.120. The van der Waals surface area contributed by atoms with Gasteiger partial charge in [0.1, 0.15) is 0 Å². The van der Waals surface area contributed by atoms with Crippen LogP contribution in [-0.2, 0) is 0 Å². The quantitative estimate of drug-likeness (QED) is 0.632. The number of hydrogen-bond acceptors (Lipinski definition) is 3. The third-order valence-corrected chi connectivity index (χ3v) is 2.57. The van der Waals surface area contributed by atoms with Gasteiger partial charge in [-0.2, -0.15) is 0 Å². The number of rotatable bonds is 4. The van der Waals surface area contributed by atoms with Gasteiger partial charge < -0.3 is 15.1 Å². The number of aliphatic hydroxyl groups is 2. The van der Waals surface area contributed by atoms with Gasteiger partial charge >= 0.3 is 0 Å². The number of hydrogen-bond donors (Lipinski definition) is 2. The van der Waals surface area contributed by atoms with Crippen LogP contribution in [-0.4, -0.2) is 47.5 Å². The average molecular weight is 173 g/mol. The van der Waals surface area contributed by atoms with Crippen molar-refractivity contribution in [3.8, 4) is 0 Å². The molecule has 2 N–H and O–H groups in total. The lowest BCUT2D eigenvalue weighted by molar-refractivity contribution is 0.117. The second-order valence-corrected chi connectivity index (χ2v) is 3.66. The zero-order chi connectivity index (χ0) is 8.97. The molecule has 72 valence electrons. The SMILES string of the molecule is CCC(O)CN1CCC(CO)C1. The third-order valence-electron chi connectivity index (χ3n) is 2.57. The molecular formula is C9H19NO2. The molecule has 1 heterocycles. The highest BCUT2D eigenvalue weighted by atomic mass is 16.3. The van der Waals surface area contributed by atoms with Crippen LogP contribution >= 0.6 is 0 Å². The van der Waals surface area contributed by atoms with Crippen molar-refractivity contribution in [3.63, 3.8) is 0 Å². The minimum Gasteiger partial charge on any atom is -0.396 e. The lowest BCUT2D eigenvalue weighted by Crippen LogP contribution is -2.30. The van der Waals surface area contributed by atoms with E-state index in [2.05, 4.69) is 4.90 Å². The van der Waals surface area contributed by atoms with E-state index in [1.165, 1.54) is 0 Å². The molecule has 1 rings (SSSR count). The van der Waals surface area contributed by atoms with Crippen molar-refractivity contribution in [2.45, 2.75) is 25.9 Å². The summed E-state index contributed by atoms with van der Waals surface area (Å²) in [6.07, 6.45) is 1.70. The maximum absolute atomic E-state index is 9.37. The zero-order valence-corrected chi connectivity index (χ0v) is 7.74. The van der Waals surface area contributed by atoms with Crippen LogP contribution in [0.2, 0.25) is 0 Å². The van der Waals surface area contributed by atoms with Crippen LogP contribution in [0.1, 0.15) is 19.8 Å². The van der Waals surface area contributed by atoms with Gasteiger partial charge in [-0.05, 0) is 25.3 Å². The van der Waals surface area contributed by atoms with Crippen LogP contribution in [0.4, 0.5) is 0 Å². The second-order valence-electron chi connectivity index (χ2n) is 3.66. The Bertz CT molecular complexity index is 130. The van der Waals surface area contributed by atoms with Gasteiger partial charge in [-0.3, -0.25) is 0 Å². The van der Waals surface area contributed by atoms with Crippen molar-refractivity contribution in [1.29, 1.82) is 0 Å². The van der Waals surface area contributed by atoms with Crippen molar-refractivity contribution >= 4 is 0 Å². The van der Waals surface area contributed by atoms with Gasteiger partial charge in [-0.1, -0.05) is 6.92 Å². The van der Waals surface area contributed by atoms with Crippen molar-refractivity contribution in [2.24, 2.45) is 5.92 Å². The van der Waals surface area contributed by atoms with Crippen LogP contribution < -0.4 is 0 Å². The van der Waals surface area contributed by atoms with Gasteiger partial charge in [0, 0.05) is 19.7 Å². The monoisotopic (exact) mass is 173 g/mol. The molecule has 0 aliphatic carbocycles. The smallest absolute Gasteiger partial charge is 0.0664 e. The molecular weight excluding hydrogens is 154 g/mol. The molecule has 0 aromatic heterocycles. The lowest BCUT2D eigenvalue weighted by Gasteiger charge is -2.18. The number of aliphatic hydroxyl groups excluding tert-OH is 2. The van der Waals surface area contributed by atoms with E-state index in [0.717, 1.165) is 32.5 Å². The van der Waals surface area contributed by atoms with E-state index in [9.17, 15) is 5.11 Å². The molecule has 12 heavy (non-hydrogen) atoms. The fourth-order valence-electron chi connectivity index (χ4n) is 1.65. The minimum atomic E-state index is -0.192. The summed E-state index contributed by atoms with van der Waals surface area (Å²) in [5.74, 6) is 0.439. The van der Waals surface area contributed by atoms with E-state index in [4.69, 9.17) is 5.11 Å². The maximum Gasteiger partial charge on any atom is 0.0664 e. The fourth-order valence-corrected chi connectivity index (χ4v) is 1.65. The van der Waals surface area contributed by atoms with Gasteiger partial charge in [0.15, 0.2) is 0 Å². The first-order valence-corrected chi connectivity index (χ1v) is 4.77. The fraction of sp³-hybridized carbons (Fsp3) is 1.00. The van der Waals surface area contributed by atoms with Crippen LogP contribution in [0.5, 0.6) is 0 Å². The van der Waals surface area contributed by atoms with E-state index < -0.39 is 0 Å². The number of β-amino-alcohol motifs (C(OH)–C–C–N with tert-alkyl or cyclic N) is 1. The second kappa shape index (κ2) is 4.80. The Kier molecular flexibility index (Phi) is 3.98. The van der Waals surface area contributed by atoms with E-state index in [1.54, 1.807) is 0 Å². The van der Waals surface area contributed by atoms with Gasteiger partial charge in [0.25, 0.3) is 0 Å². The largest absolute Gasteiger partial charge is 0.396 e. The van der Waals surface area contributed by atoms with Crippen molar-refractivity contribution < 1.29 is 10.2 Å². The van der Waals surface area contributed by atoms with Crippen LogP contribution in [0.3, 0.4) is 0 Å². The maximum atomic E-state index is 9.37. The predicted molar refractivity (Wildman–Crippen MR) is 47.9 cm³/mol. The van der Waals surface area contributed by atoms with Gasteiger partial charge in [0.05, 0.1) is 6.10 Å². The first-order chi connectivity index (χ1) is 5.76. The summed E-state index contributed by atoms with van der Waals surface area (Å²) in [4.78, 5) is 2.23. The summed E-state index contributed by atoms with van der Waals surface area (Å²) < 4.78 is 0. The van der Waals surface area contributed by atoms with Crippen molar-refractivity contribution in [1.82, 2.24) is 4.90 Å². The molecule has 0 spiro atoms. The highest BCUT2D eigenvalue weighted by Gasteiger charge is 2.22. The lowest BCUT2D eigenvalue weighted by atomic mass is 10.1. The van der Waals surface area contributed by atoms with Gasteiger partial charge in [-0.15, -0.1) is 0 Å². The highest BCUT2D eigenvalue weighted by molar-refractivity contribution is 4.76. The Labute approximate surface area is 74.0 Å². The van der Waals surface area contributed by atoms with Crippen molar-refractivity contribution in [3.05, 3.63) is 0 Å². The molecule has 0 saturated carbocycles. The molecule has 1 aliphatic heterocycles. The molecule has 1 aliphatic rings. The molecule has 0 aromatic rings. The molecule has 2 atom stereocenters. The molecule has 2 unspecified atom stereocenters. The number of likely N-dealkylation sites (tertiary alicyclic amines) is 1. The summed E-state index contributed by atoms with van der Waals surface area (Å²) in [6, 6.07) is 0. The third kappa shape index (κ3) is 2.73. The molecule has 1 saturated heterocycles. The summed E-state index contributed by atoms with van der Waals surface area (Å²) in [7, 11) is 0. The van der Waals surface area contributed by atoms with Gasteiger partial charge in [0.2, 0.25) is 0 Å². The summed E-state index contributed by atoms with van der Waals surface area (Å²) in [5.41, 5.74) is 0. The number of nitrogens with zero attached hydrogens (tertiary/aromatic N) is 1. The van der Waals surface area contributed by atoms with E-state index in [0.29, 0.717) is 12.5 Å². The Balaban J connectivity index is 2.18. The minimum absolute atomic E-state index is 0.192. The van der Waals surface area contributed by atoms with Crippen LogP contribution in [0.15, 0.2) is 0 Å². The zero-order valence-electron chi connectivity index (χ0n) is 7.74. The average Bonchev–Trinajstić information content (AvgIpc) is 2.52. The Morgan fingerprint density at radius 1 is 1.58 bits per heavy atom.